The van der Waals surface area contributed by atoms with Crippen LogP contribution in [0.1, 0.15) is 17.2 Å². The van der Waals surface area contributed by atoms with Crippen LogP contribution in [0.3, 0.4) is 0 Å². The maximum atomic E-state index is 10.8. The lowest BCUT2D eigenvalue weighted by molar-refractivity contribution is -0.145. The summed E-state index contributed by atoms with van der Waals surface area (Å²) in [4.78, 5) is 10.8. The van der Waals surface area contributed by atoms with Crippen molar-refractivity contribution in [2.45, 2.75) is 13.0 Å². The summed E-state index contributed by atoms with van der Waals surface area (Å²) < 4.78 is 0. The number of aliphatic carboxylic acids is 1. The quantitative estimate of drug-likeness (QED) is 0.741. The number of nitrogens with one attached hydrogen (secondary N) is 1. The van der Waals surface area contributed by atoms with Crippen molar-refractivity contribution < 1.29 is 9.90 Å². The number of hydrogen-bond donors (Lipinski definition) is 2. The second kappa shape index (κ2) is 3.42. The molecule has 3 nitrogen and oxygen atoms in total. The van der Waals surface area contributed by atoms with Gasteiger partial charge in [0.25, 0.3) is 0 Å². The van der Waals surface area contributed by atoms with Crippen molar-refractivity contribution >= 4 is 5.97 Å². The molecule has 0 saturated carbocycles. The van der Waals surface area contributed by atoms with E-state index in [9.17, 15) is 4.79 Å². The van der Waals surface area contributed by atoms with Crippen LogP contribution >= 0.6 is 0 Å². The fraction of sp³-hybridized carbons (Fsp3) is 0.364. The van der Waals surface area contributed by atoms with Gasteiger partial charge in [-0.1, -0.05) is 29.8 Å². The monoisotopic (exact) mass is 191 g/mol. The molecule has 1 heterocycles. The molecule has 2 atom stereocenters. The van der Waals surface area contributed by atoms with Crippen LogP contribution in [0.25, 0.3) is 0 Å². The van der Waals surface area contributed by atoms with Crippen molar-refractivity contribution in [2.75, 3.05) is 6.54 Å². The van der Waals surface area contributed by atoms with Gasteiger partial charge in [0.15, 0.2) is 0 Å². The predicted octanol–water partition coefficient (Wildman–Crippen LogP) is 1.34. The zero-order chi connectivity index (χ0) is 10.1. The standard InChI is InChI=1S/C11H13NO2/c1-7-3-2-4-8(5-7)10-9(6-12-10)11(13)14/h2-5,9-10,12H,6H2,1H3,(H,13,14). The first kappa shape index (κ1) is 9.21. The van der Waals surface area contributed by atoms with Crippen molar-refractivity contribution in [2.24, 2.45) is 5.92 Å². The second-order valence-corrected chi connectivity index (χ2v) is 3.74. The third-order valence-corrected chi connectivity index (χ3v) is 2.68. The molecule has 0 aliphatic carbocycles. The summed E-state index contributed by atoms with van der Waals surface area (Å²) in [7, 11) is 0. The largest absolute Gasteiger partial charge is 0.481 e. The first-order chi connectivity index (χ1) is 6.68. The van der Waals surface area contributed by atoms with Gasteiger partial charge in [0.1, 0.15) is 0 Å². The van der Waals surface area contributed by atoms with Crippen molar-refractivity contribution in [3.63, 3.8) is 0 Å². The first-order valence-corrected chi connectivity index (χ1v) is 4.71. The molecule has 14 heavy (non-hydrogen) atoms. The number of rotatable bonds is 2. The smallest absolute Gasteiger partial charge is 0.309 e. The number of hydrogen-bond acceptors (Lipinski definition) is 2. The molecule has 1 aliphatic heterocycles. The average Bonchev–Trinajstić information content (AvgIpc) is 2.00. The van der Waals surface area contributed by atoms with Gasteiger partial charge in [0, 0.05) is 12.6 Å². The van der Waals surface area contributed by atoms with Crippen LogP contribution in [0.5, 0.6) is 0 Å². The molecule has 0 amide bonds. The lowest BCUT2D eigenvalue weighted by Gasteiger charge is -2.35. The highest BCUT2D eigenvalue weighted by Crippen LogP contribution is 2.29. The van der Waals surface area contributed by atoms with Crippen LogP contribution in [0.4, 0.5) is 0 Å². The van der Waals surface area contributed by atoms with E-state index in [0.717, 1.165) is 5.56 Å². The van der Waals surface area contributed by atoms with Gasteiger partial charge in [-0.15, -0.1) is 0 Å². The Morgan fingerprint density at radius 2 is 2.36 bits per heavy atom. The fourth-order valence-electron chi connectivity index (χ4n) is 1.80. The molecule has 1 aromatic carbocycles. The van der Waals surface area contributed by atoms with E-state index in [2.05, 4.69) is 5.32 Å². The molecule has 2 N–H and O–H groups in total. The molecule has 1 fully saturated rings. The van der Waals surface area contributed by atoms with Crippen molar-refractivity contribution in [1.82, 2.24) is 5.32 Å². The van der Waals surface area contributed by atoms with Gasteiger partial charge in [-0.05, 0) is 12.5 Å². The van der Waals surface area contributed by atoms with E-state index in [0.29, 0.717) is 6.54 Å². The summed E-state index contributed by atoms with van der Waals surface area (Å²) in [6, 6.07) is 7.97. The molecule has 1 aliphatic rings. The second-order valence-electron chi connectivity index (χ2n) is 3.74. The molecule has 0 radical (unpaired) electrons. The van der Waals surface area contributed by atoms with Gasteiger partial charge in [-0.2, -0.15) is 0 Å². The maximum Gasteiger partial charge on any atom is 0.309 e. The van der Waals surface area contributed by atoms with E-state index in [1.54, 1.807) is 0 Å². The molecular weight excluding hydrogens is 178 g/mol. The van der Waals surface area contributed by atoms with E-state index in [1.165, 1.54) is 5.56 Å². The molecule has 1 aromatic rings. The van der Waals surface area contributed by atoms with Crippen LogP contribution in [0.15, 0.2) is 24.3 Å². The summed E-state index contributed by atoms with van der Waals surface area (Å²) >= 11 is 0. The number of carboxylic acids is 1. The van der Waals surface area contributed by atoms with Gasteiger partial charge in [-0.3, -0.25) is 4.79 Å². The summed E-state index contributed by atoms with van der Waals surface area (Å²) in [6.07, 6.45) is 0. The third kappa shape index (κ3) is 1.51. The van der Waals surface area contributed by atoms with E-state index < -0.39 is 5.97 Å². The molecule has 0 bridgehead atoms. The number of benzene rings is 1. The Kier molecular flexibility index (Phi) is 2.25. The minimum Gasteiger partial charge on any atom is -0.481 e. The molecule has 74 valence electrons. The predicted molar refractivity (Wildman–Crippen MR) is 53.0 cm³/mol. The average molecular weight is 191 g/mol. The Morgan fingerprint density at radius 1 is 1.57 bits per heavy atom. The molecule has 3 heteroatoms. The number of carboxylic acid groups (broad SMARTS) is 1. The zero-order valence-electron chi connectivity index (χ0n) is 8.03. The minimum absolute atomic E-state index is 0.00704. The Morgan fingerprint density at radius 3 is 2.86 bits per heavy atom. The van der Waals surface area contributed by atoms with Crippen molar-refractivity contribution in [1.29, 1.82) is 0 Å². The summed E-state index contributed by atoms with van der Waals surface area (Å²) in [5, 5.41) is 12.0. The van der Waals surface area contributed by atoms with Crippen LogP contribution in [0.2, 0.25) is 0 Å². The van der Waals surface area contributed by atoms with Crippen molar-refractivity contribution in [3.8, 4) is 0 Å². The Hall–Kier alpha value is -1.35. The Balaban J connectivity index is 2.20. The van der Waals surface area contributed by atoms with Crippen molar-refractivity contribution in [3.05, 3.63) is 35.4 Å². The lowest BCUT2D eigenvalue weighted by Crippen LogP contribution is -2.49. The van der Waals surface area contributed by atoms with E-state index in [1.807, 2.05) is 31.2 Å². The normalized spacial score (nSPS) is 25.5. The fourth-order valence-corrected chi connectivity index (χ4v) is 1.80. The van der Waals surface area contributed by atoms with E-state index >= 15 is 0 Å². The third-order valence-electron chi connectivity index (χ3n) is 2.68. The van der Waals surface area contributed by atoms with Gasteiger partial charge >= 0.3 is 5.97 Å². The molecule has 0 aromatic heterocycles. The SMILES string of the molecule is Cc1cccc(C2NCC2C(=O)O)c1. The minimum atomic E-state index is -0.713. The summed E-state index contributed by atoms with van der Waals surface area (Å²) in [5.74, 6) is -0.980. The van der Waals surface area contributed by atoms with Gasteiger partial charge in [0.05, 0.1) is 5.92 Å². The lowest BCUT2D eigenvalue weighted by atomic mass is 9.86. The van der Waals surface area contributed by atoms with Crippen LogP contribution < -0.4 is 5.32 Å². The van der Waals surface area contributed by atoms with E-state index in [-0.39, 0.29) is 12.0 Å². The molecule has 2 unspecified atom stereocenters. The molecular formula is C11H13NO2. The topological polar surface area (TPSA) is 49.3 Å². The Labute approximate surface area is 82.8 Å². The van der Waals surface area contributed by atoms with Gasteiger partial charge < -0.3 is 10.4 Å². The van der Waals surface area contributed by atoms with Crippen LogP contribution in [-0.4, -0.2) is 17.6 Å². The highest BCUT2D eigenvalue weighted by atomic mass is 16.4. The molecule has 1 saturated heterocycles. The van der Waals surface area contributed by atoms with Crippen LogP contribution in [-0.2, 0) is 4.79 Å². The highest BCUT2D eigenvalue weighted by Gasteiger charge is 2.36. The molecule has 2 rings (SSSR count). The number of carbonyl (C=O) groups is 1. The molecule has 0 spiro atoms. The number of aryl methyl sites for hydroxylation is 1. The maximum absolute atomic E-state index is 10.8. The van der Waals surface area contributed by atoms with E-state index in [4.69, 9.17) is 5.11 Å². The summed E-state index contributed by atoms with van der Waals surface area (Å²) in [6.45, 7) is 2.59. The first-order valence-electron chi connectivity index (χ1n) is 4.71. The van der Waals surface area contributed by atoms with Gasteiger partial charge in [0.2, 0.25) is 0 Å². The Bertz CT molecular complexity index is 362. The highest BCUT2D eigenvalue weighted by molar-refractivity contribution is 5.73. The van der Waals surface area contributed by atoms with Crippen LogP contribution in [0, 0.1) is 12.8 Å². The summed E-state index contributed by atoms with van der Waals surface area (Å²) in [5.41, 5.74) is 2.24. The zero-order valence-corrected chi connectivity index (χ0v) is 8.03. The van der Waals surface area contributed by atoms with Gasteiger partial charge in [-0.25, -0.2) is 0 Å².